The second-order valence-electron chi connectivity index (χ2n) is 11.3. The van der Waals surface area contributed by atoms with Crippen molar-refractivity contribution in [2.45, 2.75) is 131 Å². The number of rotatable bonds is 26. The van der Waals surface area contributed by atoms with E-state index in [2.05, 4.69) is 90.8 Å². The minimum atomic E-state index is 0.578. The van der Waals surface area contributed by atoms with Crippen LogP contribution >= 0.6 is 11.8 Å². The summed E-state index contributed by atoms with van der Waals surface area (Å²) < 4.78 is 11.1. The van der Waals surface area contributed by atoms with Crippen LogP contribution < -0.4 is 0 Å². The summed E-state index contributed by atoms with van der Waals surface area (Å²) in [6.45, 7) is 24.3. The Labute approximate surface area is 266 Å². The third kappa shape index (κ3) is 24.7. The lowest BCUT2D eigenvalue weighted by Gasteiger charge is -2.11. The summed E-state index contributed by atoms with van der Waals surface area (Å²) in [4.78, 5) is 0. The number of thioether (sulfide) groups is 1. The molecule has 3 heteroatoms. The molecule has 42 heavy (non-hydrogen) atoms. The molecule has 0 heterocycles. The minimum Gasteiger partial charge on any atom is -0.495 e. The van der Waals surface area contributed by atoms with E-state index in [9.17, 15) is 0 Å². The van der Waals surface area contributed by atoms with Crippen LogP contribution in [0.25, 0.3) is 0 Å². The first-order chi connectivity index (χ1) is 20.4. The Morgan fingerprint density at radius 2 is 1.45 bits per heavy atom. The summed E-state index contributed by atoms with van der Waals surface area (Å²) in [6.07, 6.45) is 22.4. The van der Waals surface area contributed by atoms with Gasteiger partial charge in [0.2, 0.25) is 0 Å². The maximum Gasteiger partial charge on any atom is 0.122 e. The molecule has 1 atom stereocenters. The van der Waals surface area contributed by atoms with E-state index in [0.29, 0.717) is 19.1 Å². The van der Waals surface area contributed by atoms with Gasteiger partial charge in [0, 0.05) is 12.8 Å². The Bertz CT molecular complexity index is 841. The Kier molecular flexibility index (Phi) is 27.9. The van der Waals surface area contributed by atoms with Crippen molar-refractivity contribution in [1.29, 1.82) is 0 Å². The molecule has 0 N–H and O–H groups in total. The highest BCUT2D eigenvalue weighted by molar-refractivity contribution is 7.99. The first-order valence-corrected chi connectivity index (χ1v) is 18.1. The minimum absolute atomic E-state index is 0.578. The number of allylic oxidation sites excluding steroid dienone is 5. The van der Waals surface area contributed by atoms with Gasteiger partial charge in [-0.3, -0.25) is 0 Å². The van der Waals surface area contributed by atoms with Crippen LogP contribution in [0, 0.1) is 5.92 Å². The van der Waals surface area contributed by atoms with E-state index in [4.69, 9.17) is 9.47 Å². The molecular weight excluding hydrogens is 532 g/mol. The van der Waals surface area contributed by atoms with Gasteiger partial charge in [0.25, 0.3) is 0 Å². The Morgan fingerprint density at radius 3 is 2.05 bits per heavy atom. The summed E-state index contributed by atoms with van der Waals surface area (Å²) >= 11 is 1.96. The van der Waals surface area contributed by atoms with Crippen LogP contribution in [-0.4, -0.2) is 24.7 Å². The number of ether oxygens (including phenoxy) is 2. The van der Waals surface area contributed by atoms with Gasteiger partial charge in [-0.05, 0) is 79.9 Å². The molecule has 0 fully saturated rings. The van der Waals surface area contributed by atoms with E-state index in [1.807, 2.05) is 11.8 Å². The molecule has 0 aliphatic heterocycles. The predicted molar refractivity (Wildman–Crippen MR) is 192 cm³/mol. The predicted octanol–water partition coefficient (Wildman–Crippen LogP) is 12.5. The van der Waals surface area contributed by atoms with Crippen molar-refractivity contribution in [3.05, 3.63) is 84.4 Å². The van der Waals surface area contributed by atoms with Crippen LogP contribution in [0.2, 0.25) is 0 Å². The second kappa shape index (κ2) is 29.2. The molecule has 240 valence electrons. The normalized spacial score (nSPS) is 11.5. The van der Waals surface area contributed by atoms with Crippen molar-refractivity contribution < 1.29 is 9.47 Å². The van der Waals surface area contributed by atoms with E-state index in [1.54, 1.807) is 0 Å². The quantitative estimate of drug-likeness (QED) is 0.0600. The van der Waals surface area contributed by atoms with Crippen LogP contribution in [-0.2, 0) is 22.3 Å². The zero-order valence-corrected chi connectivity index (χ0v) is 29.1. The van der Waals surface area contributed by atoms with Gasteiger partial charge in [-0.2, -0.15) is 11.8 Å². The van der Waals surface area contributed by atoms with Crippen LogP contribution in [0.1, 0.15) is 129 Å². The first kappa shape index (κ1) is 40.1. The molecule has 0 bridgehead atoms. The van der Waals surface area contributed by atoms with Gasteiger partial charge in [0.05, 0.1) is 11.5 Å². The van der Waals surface area contributed by atoms with Gasteiger partial charge in [0.15, 0.2) is 0 Å². The highest BCUT2D eigenvalue weighted by Crippen LogP contribution is 2.18. The van der Waals surface area contributed by atoms with E-state index in [1.165, 1.54) is 79.6 Å². The van der Waals surface area contributed by atoms with Crippen molar-refractivity contribution in [3.63, 3.8) is 0 Å². The molecule has 0 spiro atoms. The van der Waals surface area contributed by atoms with Crippen molar-refractivity contribution >= 4 is 11.8 Å². The van der Waals surface area contributed by atoms with Crippen LogP contribution in [0.15, 0.2) is 73.2 Å². The fraction of sp³-hybridized carbons (Fsp3) is 0.641. The number of unbranched alkanes of at least 4 members (excludes halogenated alkanes) is 4. The van der Waals surface area contributed by atoms with Crippen LogP contribution in [0.4, 0.5) is 0 Å². The van der Waals surface area contributed by atoms with Gasteiger partial charge in [-0.25, -0.2) is 0 Å². The molecule has 1 aromatic carbocycles. The summed E-state index contributed by atoms with van der Waals surface area (Å²) in [5, 5.41) is 0. The fourth-order valence-corrected chi connectivity index (χ4v) is 5.23. The van der Waals surface area contributed by atoms with E-state index in [-0.39, 0.29) is 0 Å². The molecular formula is C39H66O2S. The largest absolute Gasteiger partial charge is 0.495 e. The lowest BCUT2D eigenvalue weighted by Crippen LogP contribution is -2.04. The SMILES string of the molecule is C=C(CC)CC(/C=C/CCc1cccc(CCC)c1)CC.C=C(CCCCCCC)OCCOC(=C)CCCSCC. The van der Waals surface area contributed by atoms with E-state index < -0.39 is 0 Å². The number of benzene rings is 1. The maximum atomic E-state index is 5.58. The van der Waals surface area contributed by atoms with E-state index >= 15 is 0 Å². The Morgan fingerprint density at radius 1 is 0.810 bits per heavy atom. The van der Waals surface area contributed by atoms with Crippen molar-refractivity contribution in [2.24, 2.45) is 5.92 Å². The molecule has 0 aliphatic carbocycles. The zero-order valence-electron chi connectivity index (χ0n) is 28.3. The summed E-state index contributed by atoms with van der Waals surface area (Å²) in [5.41, 5.74) is 4.32. The molecule has 0 amide bonds. The third-order valence-corrected chi connectivity index (χ3v) is 8.30. The molecule has 0 saturated heterocycles. The topological polar surface area (TPSA) is 18.5 Å². The van der Waals surface area contributed by atoms with Gasteiger partial charge in [-0.15, -0.1) is 0 Å². The second-order valence-corrected chi connectivity index (χ2v) is 12.6. The highest BCUT2D eigenvalue weighted by atomic mass is 32.2. The Balaban J connectivity index is 0.000000800. The van der Waals surface area contributed by atoms with Crippen molar-refractivity contribution in [3.8, 4) is 0 Å². The lowest BCUT2D eigenvalue weighted by atomic mass is 9.95. The van der Waals surface area contributed by atoms with E-state index in [0.717, 1.165) is 56.5 Å². The zero-order chi connectivity index (χ0) is 31.3. The molecule has 2 nitrogen and oxygen atoms in total. The monoisotopic (exact) mass is 598 g/mol. The summed E-state index contributed by atoms with van der Waals surface area (Å²) in [6, 6.07) is 9.06. The molecule has 0 radical (unpaired) electrons. The lowest BCUT2D eigenvalue weighted by molar-refractivity contribution is 0.110. The standard InChI is InChI=1S/C21H32.C18H34O2S/c1-5-11-20-14-10-15-21(17-20)13-9-8-12-19(7-3)16-18(4)6-2;1-5-7-8-9-10-12-17(3)19-14-15-20-18(4)13-11-16-21-6-2/h8,10,12,14-15,17,19H,4-7,9,11,13,16H2,1-3H3;3-16H2,1-2H3/b12-8+;. The van der Waals surface area contributed by atoms with Gasteiger partial charge in [-0.1, -0.05) is 128 Å². The first-order valence-electron chi connectivity index (χ1n) is 17.0. The van der Waals surface area contributed by atoms with Crippen molar-refractivity contribution in [1.82, 2.24) is 0 Å². The summed E-state index contributed by atoms with van der Waals surface area (Å²) in [5.74, 6) is 4.80. The molecule has 1 unspecified atom stereocenters. The average molecular weight is 599 g/mol. The average Bonchev–Trinajstić information content (AvgIpc) is 2.99. The molecule has 1 aromatic rings. The van der Waals surface area contributed by atoms with Gasteiger partial charge < -0.3 is 9.47 Å². The van der Waals surface area contributed by atoms with Crippen LogP contribution in [0.3, 0.4) is 0 Å². The number of aryl methyl sites for hydroxylation is 2. The van der Waals surface area contributed by atoms with Crippen molar-refractivity contribution in [2.75, 3.05) is 24.7 Å². The van der Waals surface area contributed by atoms with Gasteiger partial charge >= 0.3 is 0 Å². The fourth-order valence-electron chi connectivity index (χ4n) is 4.59. The smallest absolute Gasteiger partial charge is 0.122 e. The Hall–Kier alpha value is -1.87. The molecule has 0 saturated carbocycles. The van der Waals surface area contributed by atoms with Crippen LogP contribution in [0.5, 0.6) is 0 Å². The van der Waals surface area contributed by atoms with Gasteiger partial charge in [0.1, 0.15) is 13.2 Å². The molecule has 0 aliphatic rings. The highest BCUT2D eigenvalue weighted by Gasteiger charge is 2.03. The molecule has 1 rings (SSSR count). The number of hydrogen-bond acceptors (Lipinski definition) is 3. The molecule has 0 aromatic heterocycles. The number of hydrogen-bond donors (Lipinski definition) is 0. The third-order valence-electron chi connectivity index (χ3n) is 7.32. The maximum absolute atomic E-state index is 5.58. The summed E-state index contributed by atoms with van der Waals surface area (Å²) in [7, 11) is 0.